The summed E-state index contributed by atoms with van der Waals surface area (Å²) in [6, 6.07) is 12.8. The van der Waals surface area contributed by atoms with Crippen molar-refractivity contribution in [3.63, 3.8) is 0 Å². The maximum atomic E-state index is 13.2. The number of benzene rings is 1. The second-order valence-electron chi connectivity index (χ2n) is 9.79. The fraction of sp³-hybridized carbons (Fsp3) is 0.538. The lowest BCUT2D eigenvalue weighted by Crippen LogP contribution is -2.61. The Hall–Kier alpha value is -3.18. The van der Waals surface area contributed by atoms with Crippen molar-refractivity contribution in [2.75, 3.05) is 37.6 Å². The average molecular weight is 462 g/mol. The normalized spacial score (nSPS) is 22.1. The summed E-state index contributed by atoms with van der Waals surface area (Å²) in [5.41, 5.74) is 2.05. The van der Waals surface area contributed by atoms with E-state index in [0.29, 0.717) is 31.1 Å². The number of urea groups is 1. The van der Waals surface area contributed by atoms with Gasteiger partial charge in [-0.05, 0) is 63.6 Å². The van der Waals surface area contributed by atoms with E-state index in [-0.39, 0.29) is 23.5 Å². The molecule has 3 heterocycles. The van der Waals surface area contributed by atoms with Crippen LogP contribution in [0.1, 0.15) is 44.2 Å². The minimum atomic E-state index is 0.00388. The lowest BCUT2D eigenvalue weighted by Gasteiger charge is -2.44. The number of carbonyl (C=O) groups is 1. The van der Waals surface area contributed by atoms with Gasteiger partial charge in [0.2, 0.25) is 5.95 Å². The third-order valence-corrected chi connectivity index (χ3v) is 7.22. The van der Waals surface area contributed by atoms with Gasteiger partial charge in [-0.1, -0.05) is 30.3 Å². The van der Waals surface area contributed by atoms with Crippen molar-refractivity contribution in [2.45, 2.75) is 51.6 Å². The number of rotatable bonds is 6. The minimum Gasteiger partial charge on any atom is -0.338 e. The van der Waals surface area contributed by atoms with Crippen LogP contribution < -0.4 is 15.5 Å². The fourth-order valence-electron chi connectivity index (χ4n) is 5.46. The Labute approximate surface area is 202 Å². The van der Waals surface area contributed by atoms with Gasteiger partial charge >= 0.3 is 6.03 Å². The van der Waals surface area contributed by atoms with Crippen LogP contribution in [0, 0.1) is 16.7 Å². The number of carbonyl (C=O) groups excluding carboxylic acids is 1. The highest BCUT2D eigenvalue weighted by Crippen LogP contribution is 2.36. The van der Waals surface area contributed by atoms with Gasteiger partial charge in [0.05, 0.1) is 18.0 Å². The Morgan fingerprint density at radius 2 is 1.79 bits per heavy atom. The predicted octanol–water partition coefficient (Wildman–Crippen LogP) is 2.96. The number of hydrogen-bond acceptors (Lipinski definition) is 6. The largest absolute Gasteiger partial charge is 0.338 e. The molecule has 2 saturated heterocycles. The number of hydrogen-bond donors (Lipinski definition) is 2. The molecule has 180 valence electrons. The van der Waals surface area contributed by atoms with E-state index >= 15 is 0 Å². The molecular weight excluding hydrogens is 426 g/mol. The van der Waals surface area contributed by atoms with Crippen molar-refractivity contribution >= 4 is 12.0 Å². The Balaban J connectivity index is 1.33. The summed E-state index contributed by atoms with van der Waals surface area (Å²) in [6.07, 6.45) is 7.39. The van der Waals surface area contributed by atoms with Gasteiger partial charge < -0.3 is 20.4 Å². The van der Waals surface area contributed by atoms with E-state index < -0.39 is 0 Å². The third kappa shape index (κ3) is 5.65. The van der Waals surface area contributed by atoms with Gasteiger partial charge in [0.1, 0.15) is 6.07 Å². The van der Waals surface area contributed by atoms with E-state index in [2.05, 4.69) is 69.7 Å². The molecule has 2 aromatic rings. The van der Waals surface area contributed by atoms with Crippen LogP contribution in [0.5, 0.6) is 0 Å². The van der Waals surface area contributed by atoms with E-state index in [4.69, 9.17) is 5.26 Å². The first kappa shape index (κ1) is 24.0. The smallest absolute Gasteiger partial charge is 0.318 e. The molecule has 0 spiro atoms. The van der Waals surface area contributed by atoms with Crippen LogP contribution in [-0.4, -0.2) is 65.7 Å². The molecule has 0 bridgehead atoms. The molecule has 1 aromatic heterocycles. The molecule has 2 amide bonds. The highest BCUT2D eigenvalue weighted by atomic mass is 16.2. The van der Waals surface area contributed by atoms with Crippen molar-refractivity contribution in [3.8, 4) is 6.07 Å². The quantitative estimate of drug-likeness (QED) is 0.687. The summed E-state index contributed by atoms with van der Waals surface area (Å²) in [6.45, 7) is 8.21. The summed E-state index contributed by atoms with van der Waals surface area (Å²) in [5.74, 6) is 0.603. The van der Waals surface area contributed by atoms with Gasteiger partial charge in [0.15, 0.2) is 0 Å². The molecule has 0 unspecified atom stereocenters. The molecule has 0 aliphatic carbocycles. The van der Waals surface area contributed by atoms with Crippen molar-refractivity contribution in [1.29, 1.82) is 5.26 Å². The molecule has 2 aliphatic heterocycles. The number of nitrogens with one attached hydrogen (secondary N) is 2. The summed E-state index contributed by atoms with van der Waals surface area (Å²) in [7, 11) is 0. The fourth-order valence-corrected chi connectivity index (χ4v) is 5.46. The van der Waals surface area contributed by atoms with E-state index in [1.165, 1.54) is 5.56 Å². The monoisotopic (exact) mass is 461 g/mol. The average Bonchev–Trinajstić information content (AvgIpc) is 2.85. The Kier molecular flexibility index (Phi) is 7.63. The summed E-state index contributed by atoms with van der Waals surface area (Å²) in [4.78, 5) is 25.9. The second kappa shape index (κ2) is 10.8. The maximum Gasteiger partial charge on any atom is 0.318 e. The van der Waals surface area contributed by atoms with Crippen molar-refractivity contribution in [1.82, 2.24) is 25.5 Å². The number of piperidine rings is 1. The zero-order valence-electron chi connectivity index (χ0n) is 20.2. The van der Waals surface area contributed by atoms with E-state index in [1.807, 2.05) is 11.0 Å². The molecule has 4 rings (SSSR count). The molecule has 2 fully saturated rings. The molecule has 34 heavy (non-hydrogen) atoms. The van der Waals surface area contributed by atoms with E-state index in [1.54, 1.807) is 12.4 Å². The van der Waals surface area contributed by atoms with Crippen molar-refractivity contribution in [3.05, 3.63) is 53.9 Å². The molecule has 8 heteroatoms. The van der Waals surface area contributed by atoms with E-state index in [0.717, 1.165) is 38.8 Å². The molecule has 2 aliphatic rings. The highest BCUT2D eigenvalue weighted by Gasteiger charge is 2.35. The zero-order valence-corrected chi connectivity index (χ0v) is 20.2. The maximum absolute atomic E-state index is 13.2. The molecule has 0 radical (unpaired) electrons. The Bertz CT molecular complexity index is 970. The van der Waals surface area contributed by atoms with E-state index in [9.17, 15) is 4.79 Å². The van der Waals surface area contributed by atoms with Gasteiger partial charge in [-0.25, -0.2) is 14.8 Å². The number of nitrogens with zero attached hydrogens (tertiary/aromatic N) is 5. The lowest BCUT2D eigenvalue weighted by molar-refractivity contribution is 0.136. The summed E-state index contributed by atoms with van der Waals surface area (Å²) in [5, 5.41) is 15.7. The standard InChI is InChI=1S/C26H35N7O/c1-20-18-32(24-30-16-23(15-27)17-31-24)19-21(2)33(20)25(34)29-13-10-26(8-11-28-12-9-26)14-22-6-4-3-5-7-22/h3-7,16-17,20-21,28H,8-14,18-19H2,1-2H3,(H,29,34)/t20-,21-/m1/s1. The molecule has 2 atom stereocenters. The van der Waals surface area contributed by atoms with Crippen LogP contribution in [0.4, 0.5) is 10.7 Å². The first-order chi connectivity index (χ1) is 16.5. The van der Waals surface area contributed by atoms with Gasteiger partial charge in [0.25, 0.3) is 0 Å². The zero-order chi connectivity index (χ0) is 24.0. The van der Waals surface area contributed by atoms with Crippen LogP contribution in [0.25, 0.3) is 0 Å². The van der Waals surface area contributed by atoms with Crippen LogP contribution in [0.2, 0.25) is 0 Å². The predicted molar refractivity (Wildman–Crippen MR) is 132 cm³/mol. The third-order valence-electron chi connectivity index (χ3n) is 7.22. The Morgan fingerprint density at radius 3 is 2.41 bits per heavy atom. The lowest BCUT2D eigenvalue weighted by atomic mass is 9.72. The first-order valence-electron chi connectivity index (χ1n) is 12.3. The first-order valence-corrected chi connectivity index (χ1v) is 12.3. The van der Waals surface area contributed by atoms with Crippen LogP contribution in [0.3, 0.4) is 0 Å². The van der Waals surface area contributed by atoms with Crippen LogP contribution >= 0.6 is 0 Å². The van der Waals surface area contributed by atoms with Gasteiger partial charge in [-0.3, -0.25) is 0 Å². The Morgan fingerprint density at radius 1 is 1.15 bits per heavy atom. The number of aromatic nitrogens is 2. The van der Waals surface area contributed by atoms with Crippen LogP contribution in [0.15, 0.2) is 42.7 Å². The molecule has 8 nitrogen and oxygen atoms in total. The van der Waals surface area contributed by atoms with Gasteiger partial charge in [-0.2, -0.15) is 5.26 Å². The van der Waals surface area contributed by atoms with Crippen molar-refractivity contribution < 1.29 is 4.79 Å². The number of amides is 2. The highest BCUT2D eigenvalue weighted by molar-refractivity contribution is 5.75. The van der Waals surface area contributed by atoms with Gasteiger partial charge in [-0.15, -0.1) is 0 Å². The van der Waals surface area contributed by atoms with Crippen LogP contribution in [-0.2, 0) is 6.42 Å². The topological polar surface area (TPSA) is 97.2 Å². The second-order valence-corrected chi connectivity index (χ2v) is 9.79. The molecule has 1 aromatic carbocycles. The number of anilines is 1. The minimum absolute atomic E-state index is 0.00388. The van der Waals surface area contributed by atoms with Crippen molar-refractivity contribution in [2.24, 2.45) is 5.41 Å². The number of nitriles is 1. The SMILES string of the molecule is C[C@@H]1CN(c2ncc(C#N)cn2)C[C@@H](C)N1C(=O)NCCC1(Cc2ccccc2)CCNCC1. The molecular formula is C26H35N7O. The summed E-state index contributed by atoms with van der Waals surface area (Å²) < 4.78 is 0. The van der Waals surface area contributed by atoms with Gasteiger partial charge in [0, 0.05) is 31.7 Å². The number of piperazine rings is 1. The molecule has 0 saturated carbocycles. The summed E-state index contributed by atoms with van der Waals surface area (Å²) >= 11 is 0. The molecule has 2 N–H and O–H groups in total.